The van der Waals surface area contributed by atoms with Crippen LogP contribution in [0.1, 0.15) is 25.3 Å². The van der Waals surface area contributed by atoms with Crippen LogP contribution >= 0.6 is 35.7 Å². The van der Waals surface area contributed by atoms with Gasteiger partial charge in [-0.25, -0.2) is 0 Å². The van der Waals surface area contributed by atoms with Gasteiger partial charge in [-0.1, -0.05) is 18.2 Å². The van der Waals surface area contributed by atoms with Crippen LogP contribution in [0.25, 0.3) is 0 Å². The van der Waals surface area contributed by atoms with Gasteiger partial charge in [0, 0.05) is 38.4 Å². The molecule has 0 amide bonds. The third-order valence-electron chi connectivity index (χ3n) is 4.28. The van der Waals surface area contributed by atoms with Gasteiger partial charge >= 0.3 is 0 Å². The number of benzene rings is 1. The molecule has 0 saturated carbocycles. The molecule has 6 heteroatoms. The first-order valence-electron chi connectivity index (χ1n) is 8.54. The van der Waals surface area contributed by atoms with Crippen molar-refractivity contribution in [3.63, 3.8) is 0 Å². The Morgan fingerprint density at radius 2 is 2.00 bits per heavy atom. The van der Waals surface area contributed by atoms with E-state index in [0.29, 0.717) is 6.04 Å². The number of para-hydroxylation sites is 1. The number of nitrogens with zero attached hydrogens (tertiary/aromatic N) is 2. The molecule has 0 aliphatic carbocycles. The first kappa shape index (κ1) is 21.4. The number of aliphatic imine (C=N–C) groups is 1. The molecule has 1 aliphatic heterocycles. The first-order valence-corrected chi connectivity index (χ1v) is 9.93. The summed E-state index contributed by atoms with van der Waals surface area (Å²) in [5.74, 6) is 2.15. The van der Waals surface area contributed by atoms with E-state index in [2.05, 4.69) is 58.0 Å². The monoisotopic (exact) mass is 462 g/mol. The summed E-state index contributed by atoms with van der Waals surface area (Å²) in [5.41, 5.74) is 2.86. The number of fused-ring (bicyclic) bond motifs is 1. The van der Waals surface area contributed by atoms with Gasteiger partial charge in [0.15, 0.2) is 5.96 Å². The van der Waals surface area contributed by atoms with Gasteiger partial charge in [0.2, 0.25) is 0 Å². The number of hydrogen-bond donors (Lipinski definition) is 2. The number of hydrogen-bond acceptors (Lipinski definition) is 3. The lowest BCUT2D eigenvalue weighted by Crippen LogP contribution is -2.43. The van der Waals surface area contributed by atoms with E-state index in [1.807, 2.05) is 18.8 Å². The van der Waals surface area contributed by atoms with Crippen LogP contribution in [0.15, 0.2) is 29.3 Å². The summed E-state index contributed by atoms with van der Waals surface area (Å²) in [4.78, 5) is 6.80. The fourth-order valence-corrected chi connectivity index (χ4v) is 3.56. The van der Waals surface area contributed by atoms with Gasteiger partial charge in [-0.15, -0.1) is 24.0 Å². The maximum atomic E-state index is 4.30. The molecule has 24 heavy (non-hydrogen) atoms. The van der Waals surface area contributed by atoms with Gasteiger partial charge < -0.3 is 15.5 Å². The molecule has 1 unspecified atom stereocenters. The Labute approximate surface area is 168 Å². The number of guanidine groups is 1. The standard InChI is InChI=1S/C18H30N4S.HI/c1-15-14-16-8-4-5-9-17(16)22(15)12-11-21-18(19-2)20-10-6-7-13-23-3;/h4-5,8-9,15H,6-7,10-14H2,1-3H3,(H2,19,20,21);1H. The summed E-state index contributed by atoms with van der Waals surface area (Å²) >= 11 is 1.91. The lowest BCUT2D eigenvalue weighted by atomic mass is 10.1. The van der Waals surface area contributed by atoms with Gasteiger partial charge in [0.1, 0.15) is 0 Å². The van der Waals surface area contributed by atoms with E-state index >= 15 is 0 Å². The molecular formula is C18H31IN4S. The number of nitrogens with one attached hydrogen (secondary N) is 2. The number of halogens is 1. The summed E-state index contributed by atoms with van der Waals surface area (Å²) < 4.78 is 0. The molecule has 0 fully saturated rings. The summed E-state index contributed by atoms with van der Waals surface area (Å²) in [6, 6.07) is 9.32. The molecule has 0 spiro atoms. The second-order valence-corrected chi connectivity index (χ2v) is 6.99. The highest BCUT2D eigenvalue weighted by atomic mass is 127. The Balaban J connectivity index is 0.00000288. The average molecular weight is 462 g/mol. The maximum Gasteiger partial charge on any atom is 0.191 e. The summed E-state index contributed by atoms with van der Waals surface area (Å²) in [6.45, 7) is 5.20. The molecule has 1 aromatic carbocycles. The highest BCUT2D eigenvalue weighted by Gasteiger charge is 2.24. The van der Waals surface area contributed by atoms with Crippen LogP contribution in [0.4, 0.5) is 5.69 Å². The van der Waals surface area contributed by atoms with Crippen LogP contribution in [0.3, 0.4) is 0 Å². The molecule has 1 aromatic rings. The Morgan fingerprint density at radius 1 is 1.25 bits per heavy atom. The highest BCUT2D eigenvalue weighted by Crippen LogP contribution is 2.31. The van der Waals surface area contributed by atoms with Crippen molar-refractivity contribution >= 4 is 47.4 Å². The van der Waals surface area contributed by atoms with E-state index in [0.717, 1.165) is 32.0 Å². The van der Waals surface area contributed by atoms with Gasteiger partial charge in [-0.05, 0) is 49.8 Å². The average Bonchev–Trinajstić information content (AvgIpc) is 2.88. The SMILES string of the molecule is CN=C(NCCCCSC)NCCN1c2ccccc2CC1C.I. The molecule has 0 radical (unpaired) electrons. The number of thioether (sulfide) groups is 1. The predicted molar refractivity (Wildman–Crippen MR) is 119 cm³/mol. The maximum absolute atomic E-state index is 4.30. The quantitative estimate of drug-likeness (QED) is 0.269. The molecule has 2 rings (SSSR count). The van der Waals surface area contributed by atoms with Crippen LogP contribution < -0.4 is 15.5 Å². The smallest absolute Gasteiger partial charge is 0.191 e. The molecule has 0 saturated heterocycles. The van der Waals surface area contributed by atoms with Crippen molar-refractivity contribution in [1.29, 1.82) is 0 Å². The largest absolute Gasteiger partial charge is 0.367 e. The molecule has 0 aromatic heterocycles. The number of rotatable bonds is 8. The minimum Gasteiger partial charge on any atom is -0.367 e. The number of unbranched alkanes of at least 4 members (excludes halogenated alkanes) is 1. The fraction of sp³-hybridized carbons (Fsp3) is 0.611. The Morgan fingerprint density at radius 3 is 2.75 bits per heavy atom. The van der Waals surface area contributed by atoms with Gasteiger partial charge in [-0.3, -0.25) is 4.99 Å². The predicted octanol–water partition coefficient (Wildman–Crippen LogP) is 3.36. The molecule has 1 atom stereocenters. The minimum absolute atomic E-state index is 0. The van der Waals surface area contributed by atoms with Crippen molar-refractivity contribution in [3.8, 4) is 0 Å². The summed E-state index contributed by atoms with van der Waals surface area (Å²) in [5, 5.41) is 6.83. The molecule has 1 heterocycles. The van der Waals surface area contributed by atoms with E-state index in [1.54, 1.807) is 0 Å². The van der Waals surface area contributed by atoms with Crippen LogP contribution in [0, 0.1) is 0 Å². The lowest BCUT2D eigenvalue weighted by molar-refractivity contribution is 0.654. The second-order valence-electron chi connectivity index (χ2n) is 6.00. The van der Waals surface area contributed by atoms with Crippen molar-refractivity contribution < 1.29 is 0 Å². The van der Waals surface area contributed by atoms with Crippen molar-refractivity contribution in [2.24, 2.45) is 4.99 Å². The Kier molecular flexibility index (Phi) is 10.6. The van der Waals surface area contributed by atoms with Gasteiger partial charge in [0.25, 0.3) is 0 Å². The van der Waals surface area contributed by atoms with Crippen molar-refractivity contribution in [1.82, 2.24) is 10.6 Å². The first-order chi connectivity index (χ1) is 11.3. The third kappa shape index (κ3) is 6.35. The zero-order valence-electron chi connectivity index (χ0n) is 15.0. The van der Waals surface area contributed by atoms with Crippen LogP contribution in [-0.2, 0) is 6.42 Å². The van der Waals surface area contributed by atoms with Gasteiger partial charge in [0.05, 0.1) is 0 Å². The molecular weight excluding hydrogens is 431 g/mol. The topological polar surface area (TPSA) is 39.7 Å². The van der Waals surface area contributed by atoms with Crippen molar-refractivity contribution in [2.75, 3.05) is 43.6 Å². The normalized spacial score (nSPS) is 16.5. The summed E-state index contributed by atoms with van der Waals surface area (Å²) in [7, 11) is 1.84. The van der Waals surface area contributed by atoms with Crippen LogP contribution in [-0.4, -0.2) is 50.7 Å². The van der Waals surface area contributed by atoms with Gasteiger partial charge in [-0.2, -0.15) is 11.8 Å². The van der Waals surface area contributed by atoms with Crippen LogP contribution in [0.5, 0.6) is 0 Å². The zero-order chi connectivity index (χ0) is 16.5. The van der Waals surface area contributed by atoms with E-state index in [-0.39, 0.29) is 24.0 Å². The van der Waals surface area contributed by atoms with E-state index in [9.17, 15) is 0 Å². The van der Waals surface area contributed by atoms with Crippen molar-refractivity contribution in [3.05, 3.63) is 29.8 Å². The second kappa shape index (κ2) is 11.8. The minimum atomic E-state index is 0. The lowest BCUT2D eigenvalue weighted by Gasteiger charge is -2.25. The molecule has 2 N–H and O–H groups in total. The molecule has 136 valence electrons. The highest BCUT2D eigenvalue weighted by molar-refractivity contribution is 14.0. The fourth-order valence-electron chi connectivity index (χ4n) is 3.06. The zero-order valence-corrected chi connectivity index (χ0v) is 18.2. The Hall–Kier alpha value is -0.630. The molecule has 4 nitrogen and oxygen atoms in total. The summed E-state index contributed by atoms with van der Waals surface area (Å²) in [6.07, 6.45) is 5.76. The third-order valence-corrected chi connectivity index (χ3v) is 4.98. The van der Waals surface area contributed by atoms with E-state index < -0.39 is 0 Å². The Bertz CT molecular complexity index is 510. The molecule has 1 aliphatic rings. The van der Waals surface area contributed by atoms with E-state index in [1.165, 1.54) is 29.8 Å². The molecule has 0 bridgehead atoms. The van der Waals surface area contributed by atoms with E-state index in [4.69, 9.17) is 0 Å². The number of anilines is 1. The van der Waals surface area contributed by atoms with Crippen molar-refractivity contribution in [2.45, 2.75) is 32.2 Å². The van der Waals surface area contributed by atoms with Crippen LogP contribution in [0.2, 0.25) is 0 Å².